The molecule has 0 bridgehead atoms. The number of esters is 1. The predicted octanol–water partition coefficient (Wildman–Crippen LogP) is 1.03. The Kier molecular flexibility index (Phi) is 8.72. The van der Waals surface area contributed by atoms with Crippen LogP contribution in [0, 0.1) is 0 Å². The first-order chi connectivity index (χ1) is 8.10. The average Bonchev–Trinajstić information content (AvgIpc) is 2.33. The highest BCUT2D eigenvalue weighted by Crippen LogP contribution is 1.93. The van der Waals surface area contributed by atoms with E-state index < -0.39 is 12.1 Å². The van der Waals surface area contributed by atoms with Crippen LogP contribution in [0.4, 0.5) is 4.79 Å². The van der Waals surface area contributed by atoms with Crippen LogP contribution in [0.1, 0.15) is 32.6 Å². The van der Waals surface area contributed by atoms with Crippen molar-refractivity contribution in [3.8, 4) is 0 Å². The number of unbranched alkanes of at least 4 members (excludes halogenated alkanes) is 1. The molecule has 0 atom stereocenters. The second-order valence-electron chi connectivity index (χ2n) is 3.46. The van der Waals surface area contributed by atoms with Gasteiger partial charge in [-0.25, -0.2) is 4.79 Å². The summed E-state index contributed by atoms with van der Waals surface area (Å²) in [6.45, 7) is 2.21. The van der Waals surface area contributed by atoms with Crippen LogP contribution in [0.3, 0.4) is 0 Å². The zero-order valence-electron chi connectivity index (χ0n) is 10.3. The lowest BCUT2D eigenvalue weighted by molar-refractivity contribution is -0.141. The molecule has 0 unspecified atom stereocenters. The quantitative estimate of drug-likeness (QED) is 0.510. The van der Waals surface area contributed by atoms with Crippen LogP contribution in [-0.4, -0.2) is 38.1 Å². The van der Waals surface area contributed by atoms with Gasteiger partial charge in [-0.05, 0) is 6.42 Å². The molecule has 0 saturated heterocycles. The zero-order chi connectivity index (χ0) is 13.1. The Balaban J connectivity index is 3.55. The summed E-state index contributed by atoms with van der Waals surface area (Å²) in [4.78, 5) is 33.0. The third-order valence-electron chi connectivity index (χ3n) is 2.00. The van der Waals surface area contributed by atoms with E-state index in [1.54, 1.807) is 0 Å². The summed E-state index contributed by atoms with van der Waals surface area (Å²) in [6.07, 6.45) is 1.21. The van der Waals surface area contributed by atoms with Gasteiger partial charge < -0.3 is 14.8 Å². The molecular weight excluding hydrogens is 226 g/mol. The van der Waals surface area contributed by atoms with Crippen molar-refractivity contribution >= 4 is 17.8 Å². The summed E-state index contributed by atoms with van der Waals surface area (Å²) < 4.78 is 9.17. The molecule has 0 rings (SSSR count). The maximum atomic E-state index is 11.2. The van der Waals surface area contributed by atoms with E-state index in [2.05, 4.69) is 10.1 Å². The second kappa shape index (κ2) is 9.62. The molecule has 0 aromatic heterocycles. The average molecular weight is 245 g/mol. The Hall–Kier alpha value is -1.59. The fourth-order valence-corrected chi connectivity index (χ4v) is 0.963. The molecule has 1 N–H and O–H groups in total. The van der Waals surface area contributed by atoms with Crippen LogP contribution < -0.4 is 5.32 Å². The lowest BCUT2D eigenvalue weighted by Gasteiger charge is -2.05. The summed E-state index contributed by atoms with van der Waals surface area (Å²) in [7, 11) is 1.26. The van der Waals surface area contributed by atoms with E-state index in [-0.39, 0.29) is 25.2 Å². The van der Waals surface area contributed by atoms with Gasteiger partial charge in [0.05, 0.1) is 26.7 Å². The normalized spacial score (nSPS) is 9.53. The summed E-state index contributed by atoms with van der Waals surface area (Å²) in [5, 5.41) is 2.32. The van der Waals surface area contributed by atoms with Crippen LogP contribution in [0.15, 0.2) is 0 Å². The van der Waals surface area contributed by atoms with Gasteiger partial charge in [-0.15, -0.1) is 0 Å². The highest BCUT2D eigenvalue weighted by molar-refractivity contribution is 5.86. The SMILES string of the molecule is CCCCOC(=O)NCC(=O)CCC(=O)OC. The van der Waals surface area contributed by atoms with Gasteiger partial charge in [0.25, 0.3) is 0 Å². The lowest BCUT2D eigenvalue weighted by Crippen LogP contribution is -2.30. The number of nitrogens with one attached hydrogen (secondary N) is 1. The Labute approximate surface area is 101 Å². The van der Waals surface area contributed by atoms with E-state index in [9.17, 15) is 14.4 Å². The summed E-state index contributed by atoms with van der Waals surface area (Å²) >= 11 is 0. The molecule has 0 spiro atoms. The highest BCUT2D eigenvalue weighted by Gasteiger charge is 2.08. The summed E-state index contributed by atoms with van der Waals surface area (Å²) in [6, 6.07) is 0. The molecule has 0 radical (unpaired) electrons. The fraction of sp³-hybridized carbons (Fsp3) is 0.727. The largest absolute Gasteiger partial charge is 0.469 e. The minimum absolute atomic E-state index is 0.0297. The van der Waals surface area contributed by atoms with Gasteiger partial charge >= 0.3 is 12.1 Å². The number of methoxy groups -OCH3 is 1. The number of Topliss-reactive ketones (excluding diaryl/α,β-unsaturated/α-hetero) is 1. The van der Waals surface area contributed by atoms with E-state index >= 15 is 0 Å². The maximum absolute atomic E-state index is 11.2. The van der Waals surface area contributed by atoms with Crippen LogP contribution in [-0.2, 0) is 19.1 Å². The van der Waals surface area contributed by atoms with Gasteiger partial charge in [-0.1, -0.05) is 13.3 Å². The first kappa shape index (κ1) is 15.4. The topological polar surface area (TPSA) is 81.7 Å². The summed E-state index contributed by atoms with van der Waals surface area (Å²) in [5.41, 5.74) is 0. The van der Waals surface area contributed by atoms with Gasteiger partial charge in [-0.3, -0.25) is 9.59 Å². The van der Waals surface area contributed by atoms with Crippen LogP contribution in [0.25, 0.3) is 0 Å². The molecule has 6 heteroatoms. The molecule has 98 valence electrons. The van der Waals surface area contributed by atoms with E-state index in [1.165, 1.54) is 7.11 Å². The number of ether oxygens (including phenoxy) is 2. The number of carbonyl (C=O) groups excluding carboxylic acids is 3. The highest BCUT2D eigenvalue weighted by atomic mass is 16.5. The Morgan fingerprint density at radius 2 is 1.88 bits per heavy atom. The van der Waals surface area contributed by atoms with E-state index in [0.29, 0.717) is 6.61 Å². The molecule has 6 nitrogen and oxygen atoms in total. The van der Waals surface area contributed by atoms with Crippen molar-refractivity contribution in [1.82, 2.24) is 5.32 Å². The van der Waals surface area contributed by atoms with Gasteiger partial charge in [0, 0.05) is 6.42 Å². The first-order valence-corrected chi connectivity index (χ1v) is 5.59. The molecule has 0 aliphatic heterocycles. The number of amides is 1. The predicted molar refractivity (Wildman–Crippen MR) is 60.5 cm³/mol. The maximum Gasteiger partial charge on any atom is 0.407 e. The van der Waals surface area contributed by atoms with Crippen molar-refractivity contribution < 1.29 is 23.9 Å². The monoisotopic (exact) mass is 245 g/mol. The number of hydrogen-bond acceptors (Lipinski definition) is 5. The van der Waals surface area contributed by atoms with E-state index in [0.717, 1.165) is 12.8 Å². The molecule has 0 saturated carbocycles. The van der Waals surface area contributed by atoms with E-state index in [4.69, 9.17) is 4.74 Å². The third kappa shape index (κ3) is 9.35. The molecule has 0 aromatic rings. The molecule has 0 heterocycles. The molecule has 0 aromatic carbocycles. The van der Waals surface area contributed by atoms with Crippen molar-refractivity contribution in [3.05, 3.63) is 0 Å². The summed E-state index contributed by atoms with van der Waals surface area (Å²) in [5.74, 6) is -0.674. The van der Waals surface area contributed by atoms with E-state index in [1.807, 2.05) is 6.92 Å². The minimum Gasteiger partial charge on any atom is -0.469 e. The van der Waals surface area contributed by atoms with Gasteiger partial charge in [0.2, 0.25) is 0 Å². The number of carbonyl (C=O) groups is 3. The molecular formula is C11H19NO5. The Morgan fingerprint density at radius 1 is 1.18 bits per heavy atom. The minimum atomic E-state index is -0.607. The number of rotatable bonds is 8. The lowest BCUT2D eigenvalue weighted by atomic mass is 10.2. The zero-order valence-corrected chi connectivity index (χ0v) is 10.3. The first-order valence-electron chi connectivity index (χ1n) is 5.59. The molecule has 0 aliphatic rings. The van der Waals surface area contributed by atoms with Crippen molar-refractivity contribution in [2.24, 2.45) is 0 Å². The number of alkyl carbamates (subject to hydrolysis) is 1. The van der Waals surface area contributed by atoms with Crippen molar-refractivity contribution in [2.45, 2.75) is 32.6 Å². The molecule has 0 fully saturated rings. The smallest absolute Gasteiger partial charge is 0.407 e. The van der Waals surface area contributed by atoms with Crippen LogP contribution >= 0.6 is 0 Å². The van der Waals surface area contributed by atoms with Gasteiger partial charge in [-0.2, -0.15) is 0 Å². The number of ketones is 1. The van der Waals surface area contributed by atoms with Crippen LogP contribution in [0.5, 0.6) is 0 Å². The standard InChI is InChI=1S/C11H19NO5/c1-3-4-7-17-11(15)12-8-9(13)5-6-10(14)16-2/h3-8H2,1-2H3,(H,12,15). The van der Waals surface area contributed by atoms with Crippen molar-refractivity contribution in [3.63, 3.8) is 0 Å². The molecule has 17 heavy (non-hydrogen) atoms. The van der Waals surface area contributed by atoms with Crippen LogP contribution in [0.2, 0.25) is 0 Å². The molecule has 1 amide bonds. The van der Waals surface area contributed by atoms with Crippen molar-refractivity contribution in [2.75, 3.05) is 20.3 Å². The van der Waals surface area contributed by atoms with Gasteiger partial charge in [0.15, 0.2) is 5.78 Å². The second-order valence-corrected chi connectivity index (χ2v) is 3.46. The fourth-order valence-electron chi connectivity index (χ4n) is 0.963. The Morgan fingerprint density at radius 3 is 2.47 bits per heavy atom. The van der Waals surface area contributed by atoms with Crippen molar-refractivity contribution in [1.29, 1.82) is 0 Å². The molecule has 0 aliphatic carbocycles. The van der Waals surface area contributed by atoms with Gasteiger partial charge in [0.1, 0.15) is 0 Å². The third-order valence-corrected chi connectivity index (χ3v) is 2.00. The number of hydrogen-bond donors (Lipinski definition) is 1. The Bertz CT molecular complexity index is 265.